The van der Waals surface area contributed by atoms with E-state index in [4.69, 9.17) is 26.3 Å². The number of aliphatic hydroxyl groups is 2. The number of likely N-dealkylation sites (tertiary alicyclic amines) is 1. The van der Waals surface area contributed by atoms with E-state index < -0.39 is 17.8 Å². The zero-order chi connectivity index (χ0) is 32.5. The smallest absolute Gasteiger partial charge is 0.243 e. The number of amides is 2. The van der Waals surface area contributed by atoms with Crippen molar-refractivity contribution in [1.82, 2.24) is 10.4 Å². The molecule has 3 aromatic rings. The maximum atomic E-state index is 12.4. The lowest BCUT2D eigenvalue weighted by Crippen LogP contribution is -2.46. The molecule has 2 heterocycles. The molecule has 11 heteroatoms. The summed E-state index contributed by atoms with van der Waals surface area (Å²) in [5, 5.41) is 33.0. The molecule has 5 rings (SSSR count). The van der Waals surface area contributed by atoms with E-state index in [2.05, 4.69) is 10.2 Å². The van der Waals surface area contributed by atoms with Crippen molar-refractivity contribution < 1.29 is 34.5 Å². The summed E-state index contributed by atoms with van der Waals surface area (Å²) in [6, 6.07) is 22.6. The Morgan fingerprint density at radius 1 is 0.870 bits per heavy atom. The second-order valence-corrected chi connectivity index (χ2v) is 12.5. The summed E-state index contributed by atoms with van der Waals surface area (Å²) in [6.07, 6.45) is 2.35. The van der Waals surface area contributed by atoms with Crippen LogP contribution in [0.3, 0.4) is 0 Å². The summed E-state index contributed by atoms with van der Waals surface area (Å²) in [4.78, 5) is 25.8. The normalized spacial score (nSPS) is 21.4. The van der Waals surface area contributed by atoms with Crippen LogP contribution in [-0.2, 0) is 31.3 Å². The third-order valence-corrected chi connectivity index (χ3v) is 9.04. The average molecular weight is 652 g/mol. The molecule has 2 aliphatic heterocycles. The molecule has 246 valence electrons. The molecule has 10 nitrogen and oxygen atoms in total. The van der Waals surface area contributed by atoms with Crippen molar-refractivity contribution in [1.29, 1.82) is 0 Å². The van der Waals surface area contributed by atoms with Gasteiger partial charge in [-0.3, -0.25) is 14.8 Å². The van der Waals surface area contributed by atoms with Crippen LogP contribution in [0.5, 0.6) is 0 Å². The van der Waals surface area contributed by atoms with Crippen molar-refractivity contribution in [3.63, 3.8) is 0 Å². The predicted octanol–water partition coefficient (Wildman–Crippen LogP) is 5.37. The minimum atomic E-state index is -0.884. The second-order valence-electron chi connectivity index (χ2n) is 12.1. The van der Waals surface area contributed by atoms with Crippen molar-refractivity contribution in [3.8, 4) is 0 Å². The Morgan fingerprint density at radius 2 is 1.50 bits per heavy atom. The molecule has 0 saturated carbocycles. The Morgan fingerprint density at radius 3 is 2.13 bits per heavy atom. The topological polar surface area (TPSA) is 141 Å². The van der Waals surface area contributed by atoms with Crippen molar-refractivity contribution in [3.05, 3.63) is 100 Å². The SMILES string of the molecule is O=C(CCCCC(=O)Nc1ccc([C@@H]2O[C@H](CN3CCC(O)(c4ccc(Cl)cc4)CC3)C[C@H](c3ccc(CO)cc3)O2)cc1)NO. The molecular formula is C35H42ClN3O7. The van der Waals surface area contributed by atoms with Gasteiger partial charge in [0.05, 0.1) is 24.4 Å². The predicted molar refractivity (Wildman–Crippen MR) is 173 cm³/mol. The fourth-order valence-corrected chi connectivity index (χ4v) is 6.18. The van der Waals surface area contributed by atoms with Crippen molar-refractivity contribution >= 4 is 29.1 Å². The number of nitrogens with one attached hydrogen (secondary N) is 2. The van der Waals surface area contributed by atoms with Crippen LogP contribution in [-0.4, -0.2) is 57.9 Å². The van der Waals surface area contributed by atoms with Gasteiger partial charge in [-0.2, -0.15) is 0 Å². The minimum absolute atomic E-state index is 0.0265. The standard InChI is InChI=1S/C35H42ClN3O7/c36-28-13-11-27(12-14-28)35(43)17-19-39(20-18-35)22-30-21-31(25-7-5-24(23-40)6-8-25)46-34(45-30)26-9-15-29(16-10-26)37-32(41)3-1-2-4-33(42)38-44/h5-16,30-31,34,40,43-44H,1-4,17-23H2,(H,37,41)(H,38,42)/t30-,31+,34+/m0/s1. The first-order valence-electron chi connectivity index (χ1n) is 15.8. The third kappa shape index (κ3) is 9.13. The van der Waals surface area contributed by atoms with Crippen molar-refractivity contribution in [2.45, 2.75) is 75.7 Å². The van der Waals surface area contributed by atoms with Gasteiger partial charge < -0.3 is 29.9 Å². The van der Waals surface area contributed by atoms with E-state index in [-0.39, 0.29) is 37.6 Å². The number of halogens is 1. The molecule has 2 aliphatic rings. The number of carbonyl (C=O) groups excluding carboxylic acids is 2. The van der Waals surface area contributed by atoms with Gasteiger partial charge in [0, 0.05) is 55.2 Å². The lowest BCUT2D eigenvalue weighted by molar-refractivity contribution is -0.253. The Kier molecular flexibility index (Phi) is 11.8. The van der Waals surface area contributed by atoms with Gasteiger partial charge in [0.1, 0.15) is 0 Å². The molecule has 3 aromatic carbocycles. The molecule has 0 bridgehead atoms. The van der Waals surface area contributed by atoms with Crippen molar-refractivity contribution in [2.24, 2.45) is 0 Å². The number of piperidine rings is 1. The van der Waals surface area contributed by atoms with Crippen LogP contribution in [0, 0.1) is 0 Å². The molecule has 0 aromatic heterocycles. The number of unbranched alkanes of at least 4 members (excludes halogenated alkanes) is 1. The number of rotatable bonds is 12. The highest BCUT2D eigenvalue weighted by Crippen LogP contribution is 2.39. The van der Waals surface area contributed by atoms with Gasteiger partial charge in [0.2, 0.25) is 11.8 Å². The number of hydroxylamine groups is 1. The quantitative estimate of drug-likeness (QED) is 0.100. The monoisotopic (exact) mass is 651 g/mol. The lowest BCUT2D eigenvalue weighted by atomic mass is 9.84. The molecule has 3 atom stereocenters. The zero-order valence-corrected chi connectivity index (χ0v) is 26.5. The van der Waals surface area contributed by atoms with E-state index in [1.54, 1.807) is 5.48 Å². The number of aliphatic hydroxyl groups excluding tert-OH is 1. The van der Waals surface area contributed by atoms with Crippen LogP contribution in [0.25, 0.3) is 0 Å². The summed E-state index contributed by atoms with van der Waals surface area (Å²) in [5.74, 6) is -0.620. The first-order chi connectivity index (χ1) is 22.2. The van der Waals surface area contributed by atoms with Crippen LogP contribution in [0.4, 0.5) is 5.69 Å². The summed E-state index contributed by atoms with van der Waals surface area (Å²) in [5.41, 5.74) is 4.90. The average Bonchev–Trinajstić information content (AvgIpc) is 3.08. The Hall–Kier alpha value is -3.35. The molecular weight excluding hydrogens is 610 g/mol. The van der Waals surface area contributed by atoms with Crippen LogP contribution in [0.1, 0.15) is 79.6 Å². The van der Waals surface area contributed by atoms with Gasteiger partial charge in [-0.25, -0.2) is 5.48 Å². The molecule has 2 amide bonds. The summed E-state index contributed by atoms with van der Waals surface area (Å²) in [7, 11) is 0. The van der Waals surface area contributed by atoms with E-state index in [1.165, 1.54) is 0 Å². The fraction of sp³-hybridized carbons (Fsp3) is 0.429. The molecule has 2 fully saturated rings. The molecule has 0 aliphatic carbocycles. The first kappa shape index (κ1) is 34.0. The highest BCUT2D eigenvalue weighted by Gasteiger charge is 2.37. The zero-order valence-electron chi connectivity index (χ0n) is 25.7. The number of benzene rings is 3. The Balaban J connectivity index is 1.22. The van der Waals surface area contributed by atoms with Crippen LogP contribution < -0.4 is 10.8 Å². The van der Waals surface area contributed by atoms with Gasteiger partial charge in [-0.05, 0) is 66.6 Å². The van der Waals surface area contributed by atoms with Crippen LogP contribution in [0.15, 0.2) is 72.8 Å². The molecule has 2 saturated heterocycles. The van der Waals surface area contributed by atoms with Gasteiger partial charge in [0.25, 0.3) is 0 Å². The number of hydrogen-bond acceptors (Lipinski definition) is 8. The van der Waals surface area contributed by atoms with E-state index >= 15 is 0 Å². The number of nitrogens with zero attached hydrogens (tertiary/aromatic N) is 1. The number of carbonyl (C=O) groups is 2. The van der Waals surface area contributed by atoms with Gasteiger partial charge in [-0.15, -0.1) is 0 Å². The lowest BCUT2D eigenvalue weighted by Gasteiger charge is -2.42. The van der Waals surface area contributed by atoms with E-state index in [0.29, 0.717) is 49.4 Å². The molecule has 0 spiro atoms. The maximum absolute atomic E-state index is 12.4. The summed E-state index contributed by atoms with van der Waals surface area (Å²) < 4.78 is 13.0. The minimum Gasteiger partial charge on any atom is -0.392 e. The molecule has 46 heavy (non-hydrogen) atoms. The van der Waals surface area contributed by atoms with Gasteiger partial charge in [-0.1, -0.05) is 60.1 Å². The largest absolute Gasteiger partial charge is 0.392 e. The van der Waals surface area contributed by atoms with Crippen LogP contribution >= 0.6 is 11.6 Å². The van der Waals surface area contributed by atoms with Gasteiger partial charge >= 0.3 is 0 Å². The maximum Gasteiger partial charge on any atom is 0.243 e. The van der Waals surface area contributed by atoms with E-state index in [0.717, 1.165) is 35.3 Å². The summed E-state index contributed by atoms with van der Waals surface area (Å²) >= 11 is 6.06. The summed E-state index contributed by atoms with van der Waals surface area (Å²) in [6.45, 7) is 2.12. The number of ether oxygens (including phenoxy) is 2. The van der Waals surface area contributed by atoms with Crippen molar-refractivity contribution in [2.75, 3.05) is 25.0 Å². The Labute approximate surface area is 274 Å². The molecule has 5 N–H and O–H groups in total. The Bertz CT molecular complexity index is 1430. The van der Waals surface area contributed by atoms with Crippen LogP contribution in [0.2, 0.25) is 5.02 Å². The molecule has 0 unspecified atom stereocenters. The highest BCUT2D eigenvalue weighted by molar-refractivity contribution is 6.30. The second kappa shape index (κ2) is 16.0. The fourth-order valence-electron chi connectivity index (χ4n) is 6.05. The van der Waals surface area contributed by atoms with E-state index in [1.807, 2.05) is 72.8 Å². The number of anilines is 1. The molecule has 0 radical (unpaired) electrons. The first-order valence-corrected chi connectivity index (χ1v) is 16.2. The third-order valence-electron chi connectivity index (χ3n) is 8.79. The van der Waals surface area contributed by atoms with Gasteiger partial charge in [0.15, 0.2) is 6.29 Å². The van der Waals surface area contributed by atoms with E-state index in [9.17, 15) is 19.8 Å². The number of hydrogen-bond donors (Lipinski definition) is 5. The highest BCUT2D eigenvalue weighted by atomic mass is 35.5.